The van der Waals surface area contributed by atoms with E-state index in [1.807, 2.05) is 0 Å². The van der Waals surface area contributed by atoms with E-state index in [1.54, 1.807) is 0 Å². The first-order valence-corrected chi connectivity index (χ1v) is 8.31. The van der Waals surface area contributed by atoms with Crippen LogP contribution in [0.15, 0.2) is 28.7 Å². The second-order valence-corrected chi connectivity index (χ2v) is 6.27. The Kier molecular flexibility index (Phi) is 11.8. The molecule has 21 heavy (non-hydrogen) atoms. The van der Waals surface area contributed by atoms with Gasteiger partial charge in [-0.25, -0.2) is 0 Å². The number of piperazine rings is 1. The van der Waals surface area contributed by atoms with E-state index in [-0.39, 0.29) is 24.8 Å². The molecular formula is C16H27BrCl2N2. The maximum Gasteiger partial charge on any atom is 0.0349 e. The number of nitrogens with one attached hydrogen (secondary N) is 1. The molecule has 0 unspecified atom stereocenters. The molecule has 2 nitrogen and oxygen atoms in total. The van der Waals surface area contributed by atoms with Gasteiger partial charge in [-0.05, 0) is 24.1 Å². The predicted molar refractivity (Wildman–Crippen MR) is 100.0 cm³/mol. The Labute approximate surface area is 150 Å². The molecule has 0 amide bonds. The van der Waals surface area contributed by atoms with Gasteiger partial charge in [-0.3, -0.25) is 4.90 Å². The Morgan fingerprint density at radius 2 is 1.90 bits per heavy atom. The molecule has 0 aliphatic carbocycles. The van der Waals surface area contributed by atoms with Crippen LogP contribution in [0.1, 0.15) is 44.2 Å². The predicted octanol–water partition coefficient (Wildman–Crippen LogP) is 4.82. The molecule has 1 aromatic rings. The second-order valence-electron chi connectivity index (χ2n) is 5.35. The van der Waals surface area contributed by atoms with Crippen molar-refractivity contribution in [3.8, 4) is 0 Å². The van der Waals surface area contributed by atoms with Crippen LogP contribution in [0, 0.1) is 0 Å². The Bertz CT molecular complexity index is 384. The quantitative estimate of drug-likeness (QED) is 0.692. The van der Waals surface area contributed by atoms with E-state index in [0.29, 0.717) is 6.04 Å². The highest BCUT2D eigenvalue weighted by molar-refractivity contribution is 9.10. The largest absolute Gasteiger partial charge is 0.314 e. The molecule has 1 atom stereocenters. The lowest BCUT2D eigenvalue weighted by atomic mass is 9.98. The fourth-order valence-corrected chi connectivity index (χ4v) is 3.27. The highest BCUT2D eigenvalue weighted by Crippen LogP contribution is 2.28. The summed E-state index contributed by atoms with van der Waals surface area (Å²) < 4.78 is 1.20. The molecule has 0 saturated carbocycles. The first kappa shape index (κ1) is 21.2. The van der Waals surface area contributed by atoms with Crippen molar-refractivity contribution in [2.75, 3.05) is 26.2 Å². The third kappa shape index (κ3) is 6.87. The van der Waals surface area contributed by atoms with Crippen molar-refractivity contribution in [2.24, 2.45) is 0 Å². The van der Waals surface area contributed by atoms with Crippen molar-refractivity contribution in [2.45, 2.75) is 38.6 Å². The monoisotopic (exact) mass is 396 g/mol. The third-order valence-corrected chi connectivity index (χ3v) is 4.40. The zero-order valence-electron chi connectivity index (χ0n) is 12.7. The first-order valence-electron chi connectivity index (χ1n) is 7.51. The van der Waals surface area contributed by atoms with Gasteiger partial charge in [0.2, 0.25) is 0 Å². The van der Waals surface area contributed by atoms with Crippen molar-refractivity contribution in [1.29, 1.82) is 0 Å². The molecular weight excluding hydrogens is 371 g/mol. The fraction of sp³-hybridized carbons (Fsp3) is 0.625. The molecule has 1 aromatic carbocycles. The van der Waals surface area contributed by atoms with Crippen LogP contribution in [-0.2, 0) is 0 Å². The van der Waals surface area contributed by atoms with Crippen LogP contribution in [0.4, 0.5) is 0 Å². The van der Waals surface area contributed by atoms with Crippen LogP contribution < -0.4 is 5.32 Å². The van der Waals surface area contributed by atoms with Gasteiger partial charge in [-0.2, -0.15) is 0 Å². The number of benzene rings is 1. The molecule has 1 N–H and O–H groups in total. The van der Waals surface area contributed by atoms with E-state index in [9.17, 15) is 0 Å². The Hall–Kier alpha value is 0.200. The molecule has 2 rings (SSSR count). The summed E-state index contributed by atoms with van der Waals surface area (Å²) in [6.07, 6.45) is 5.26. The van der Waals surface area contributed by atoms with Crippen LogP contribution in [0.2, 0.25) is 0 Å². The van der Waals surface area contributed by atoms with Crippen molar-refractivity contribution >= 4 is 40.7 Å². The van der Waals surface area contributed by atoms with Crippen molar-refractivity contribution in [3.05, 3.63) is 34.3 Å². The second kappa shape index (κ2) is 11.7. The summed E-state index contributed by atoms with van der Waals surface area (Å²) in [4.78, 5) is 2.65. The van der Waals surface area contributed by atoms with E-state index in [4.69, 9.17) is 0 Å². The summed E-state index contributed by atoms with van der Waals surface area (Å²) in [5, 5.41) is 3.45. The maximum absolute atomic E-state index is 3.61. The minimum atomic E-state index is 0. The average Bonchev–Trinajstić information content (AvgIpc) is 2.45. The lowest BCUT2D eigenvalue weighted by Crippen LogP contribution is -2.45. The summed E-state index contributed by atoms with van der Waals surface area (Å²) in [6, 6.07) is 9.44. The molecule has 0 aromatic heterocycles. The van der Waals surface area contributed by atoms with Crippen molar-refractivity contribution < 1.29 is 0 Å². The van der Waals surface area contributed by atoms with Crippen LogP contribution in [0.3, 0.4) is 0 Å². The Morgan fingerprint density at radius 1 is 1.19 bits per heavy atom. The summed E-state index contributed by atoms with van der Waals surface area (Å²) in [5.41, 5.74) is 1.47. The first-order chi connectivity index (χ1) is 9.31. The highest BCUT2D eigenvalue weighted by atomic mass is 79.9. The van der Waals surface area contributed by atoms with Gasteiger partial charge in [0.15, 0.2) is 0 Å². The zero-order valence-corrected chi connectivity index (χ0v) is 15.9. The van der Waals surface area contributed by atoms with E-state index in [0.717, 1.165) is 13.1 Å². The number of halogens is 3. The number of hydrogen-bond acceptors (Lipinski definition) is 2. The summed E-state index contributed by atoms with van der Waals surface area (Å²) in [7, 11) is 0. The van der Waals surface area contributed by atoms with E-state index >= 15 is 0 Å². The molecule has 0 spiro atoms. The van der Waals surface area contributed by atoms with Gasteiger partial charge >= 0.3 is 0 Å². The van der Waals surface area contributed by atoms with Gasteiger partial charge < -0.3 is 5.32 Å². The van der Waals surface area contributed by atoms with E-state index in [1.165, 1.54) is 48.8 Å². The number of hydrogen-bond donors (Lipinski definition) is 1. The number of unbranched alkanes of at least 4 members (excludes halogenated alkanes) is 2. The van der Waals surface area contributed by atoms with Crippen LogP contribution in [0.5, 0.6) is 0 Å². The lowest BCUT2D eigenvalue weighted by molar-refractivity contribution is 0.162. The van der Waals surface area contributed by atoms with Gasteiger partial charge in [0.25, 0.3) is 0 Å². The van der Waals surface area contributed by atoms with E-state index < -0.39 is 0 Å². The minimum absolute atomic E-state index is 0. The average molecular weight is 398 g/mol. The molecule has 5 heteroatoms. The summed E-state index contributed by atoms with van der Waals surface area (Å²) in [6.45, 7) is 6.86. The normalized spacial score (nSPS) is 16.7. The molecule has 1 heterocycles. The van der Waals surface area contributed by atoms with E-state index in [2.05, 4.69) is 57.3 Å². The molecule has 1 fully saturated rings. The summed E-state index contributed by atoms with van der Waals surface area (Å²) in [5.74, 6) is 0. The lowest BCUT2D eigenvalue weighted by Gasteiger charge is -2.35. The molecule has 1 aliphatic rings. The Balaban J connectivity index is 0.00000200. The smallest absolute Gasteiger partial charge is 0.0349 e. The SMILES string of the molecule is CCCCC[C@H](c1cccc(Br)c1)N1CCNCC1.Cl.Cl. The minimum Gasteiger partial charge on any atom is -0.314 e. The maximum atomic E-state index is 3.61. The van der Waals surface area contributed by atoms with Gasteiger partial charge in [0.1, 0.15) is 0 Å². The Morgan fingerprint density at radius 3 is 2.52 bits per heavy atom. The third-order valence-electron chi connectivity index (χ3n) is 3.91. The summed E-state index contributed by atoms with van der Waals surface area (Å²) >= 11 is 3.61. The van der Waals surface area contributed by atoms with Crippen LogP contribution >= 0.6 is 40.7 Å². The number of rotatable bonds is 6. The molecule has 0 bridgehead atoms. The van der Waals surface area contributed by atoms with Crippen molar-refractivity contribution in [3.63, 3.8) is 0 Å². The van der Waals surface area contributed by atoms with Crippen molar-refractivity contribution in [1.82, 2.24) is 10.2 Å². The van der Waals surface area contributed by atoms with Crippen LogP contribution in [0.25, 0.3) is 0 Å². The van der Waals surface area contributed by atoms with Crippen LogP contribution in [-0.4, -0.2) is 31.1 Å². The topological polar surface area (TPSA) is 15.3 Å². The molecule has 1 saturated heterocycles. The molecule has 122 valence electrons. The van der Waals surface area contributed by atoms with Gasteiger partial charge in [0, 0.05) is 36.7 Å². The fourth-order valence-electron chi connectivity index (χ4n) is 2.86. The van der Waals surface area contributed by atoms with Gasteiger partial charge in [-0.15, -0.1) is 24.8 Å². The zero-order chi connectivity index (χ0) is 13.5. The standard InChI is InChI=1S/C16H25BrN2.2ClH/c1-2-3-4-8-16(19-11-9-18-10-12-19)14-6-5-7-15(17)13-14;;/h5-7,13,16,18H,2-4,8-12H2,1H3;2*1H/t16-;;/m1../s1. The highest BCUT2D eigenvalue weighted by Gasteiger charge is 2.21. The molecule has 0 radical (unpaired) electrons. The number of nitrogens with zero attached hydrogens (tertiary/aromatic N) is 1. The van der Waals surface area contributed by atoms with Gasteiger partial charge in [-0.1, -0.05) is 54.2 Å². The van der Waals surface area contributed by atoms with Gasteiger partial charge in [0.05, 0.1) is 0 Å². The molecule has 1 aliphatic heterocycles.